The molecule has 25 heavy (non-hydrogen) atoms. The van der Waals surface area contributed by atoms with E-state index in [1.807, 2.05) is 12.1 Å². The van der Waals surface area contributed by atoms with Gasteiger partial charge in [0.05, 0.1) is 24.6 Å². The summed E-state index contributed by atoms with van der Waals surface area (Å²) >= 11 is 0. The molecule has 0 spiro atoms. The van der Waals surface area contributed by atoms with E-state index in [4.69, 9.17) is 0 Å². The van der Waals surface area contributed by atoms with Gasteiger partial charge in [-0.3, -0.25) is 9.59 Å². The summed E-state index contributed by atoms with van der Waals surface area (Å²) in [5.74, 6) is 0.0483. The third kappa shape index (κ3) is 4.00. The molecule has 1 aromatic carbocycles. The summed E-state index contributed by atoms with van der Waals surface area (Å²) in [7, 11) is 1.33. The molecule has 0 amide bonds. The number of aromatic nitrogens is 2. The van der Waals surface area contributed by atoms with Crippen LogP contribution < -0.4 is 4.90 Å². The van der Waals surface area contributed by atoms with Gasteiger partial charge in [0.1, 0.15) is 0 Å². The Morgan fingerprint density at radius 2 is 1.96 bits per heavy atom. The Kier molecular flexibility index (Phi) is 5.36. The molecule has 1 aliphatic heterocycles. The number of carbonyl (C=O) groups is 2. The number of hydrogen-bond acceptors (Lipinski definition) is 5. The number of Topliss-reactive ketones (excluding diaryl/α,β-unsaturated/α-hetero) is 1. The maximum Gasteiger partial charge on any atom is 0.306 e. The summed E-state index contributed by atoms with van der Waals surface area (Å²) < 4.78 is 4.64. The van der Waals surface area contributed by atoms with Crippen molar-refractivity contribution in [2.45, 2.75) is 39.0 Å². The molecule has 0 saturated carbocycles. The van der Waals surface area contributed by atoms with Crippen molar-refractivity contribution in [2.75, 3.05) is 25.1 Å². The van der Waals surface area contributed by atoms with Gasteiger partial charge in [0.25, 0.3) is 0 Å². The molecule has 1 N–H and O–H groups in total. The molecule has 6 heteroatoms. The maximum atomic E-state index is 12.5. The van der Waals surface area contributed by atoms with E-state index in [2.05, 4.69) is 19.6 Å². The number of rotatable bonds is 5. The highest BCUT2D eigenvalue weighted by Crippen LogP contribution is 2.23. The summed E-state index contributed by atoms with van der Waals surface area (Å²) in [6.45, 7) is 3.78. The van der Waals surface area contributed by atoms with Gasteiger partial charge in [-0.05, 0) is 31.0 Å². The van der Waals surface area contributed by atoms with Gasteiger partial charge >= 0.3 is 5.97 Å². The van der Waals surface area contributed by atoms with Crippen molar-refractivity contribution >= 4 is 28.7 Å². The molecule has 0 radical (unpaired) electrons. The molecule has 1 unspecified atom stereocenters. The van der Waals surface area contributed by atoms with Crippen LogP contribution in [0.25, 0.3) is 11.0 Å². The van der Waals surface area contributed by atoms with E-state index < -0.39 is 5.92 Å². The molecule has 0 bridgehead atoms. The average Bonchev–Trinajstić information content (AvgIpc) is 2.85. The largest absolute Gasteiger partial charge is 0.469 e. The van der Waals surface area contributed by atoms with Gasteiger partial charge in [-0.1, -0.05) is 19.8 Å². The van der Waals surface area contributed by atoms with Gasteiger partial charge in [0.2, 0.25) is 5.95 Å². The first-order valence-electron chi connectivity index (χ1n) is 8.94. The minimum absolute atomic E-state index is 0.0572. The summed E-state index contributed by atoms with van der Waals surface area (Å²) in [6.07, 6.45) is 5.01. The fourth-order valence-electron chi connectivity index (χ4n) is 3.29. The second-order valence-corrected chi connectivity index (χ2v) is 6.74. The molecule has 2 aromatic rings. The van der Waals surface area contributed by atoms with Crippen LogP contribution in [0.3, 0.4) is 0 Å². The minimum Gasteiger partial charge on any atom is -0.469 e. The lowest BCUT2D eigenvalue weighted by Gasteiger charge is -2.18. The Morgan fingerprint density at radius 3 is 2.64 bits per heavy atom. The zero-order valence-electron chi connectivity index (χ0n) is 14.9. The summed E-state index contributed by atoms with van der Waals surface area (Å²) in [4.78, 5) is 34.2. The maximum absolute atomic E-state index is 12.5. The molecule has 134 valence electrons. The summed E-state index contributed by atoms with van der Waals surface area (Å²) in [6, 6.07) is 5.48. The van der Waals surface area contributed by atoms with Crippen LogP contribution in [-0.2, 0) is 9.53 Å². The Labute approximate surface area is 147 Å². The zero-order chi connectivity index (χ0) is 17.8. The van der Waals surface area contributed by atoms with Crippen molar-refractivity contribution in [3.05, 3.63) is 23.8 Å². The van der Waals surface area contributed by atoms with Crippen LogP contribution in [0.1, 0.15) is 49.4 Å². The Hall–Kier alpha value is -2.37. The molecular weight excluding hydrogens is 318 g/mol. The zero-order valence-corrected chi connectivity index (χ0v) is 14.9. The number of anilines is 1. The number of nitrogens with zero attached hydrogens (tertiary/aromatic N) is 2. The van der Waals surface area contributed by atoms with Gasteiger partial charge in [0, 0.05) is 24.6 Å². The number of carbonyl (C=O) groups excluding carboxylic acids is 2. The van der Waals surface area contributed by atoms with E-state index in [0.717, 1.165) is 30.1 Å². The first-order valence-corrected chi connectivity index (χ1v) is 8.94. The van der Waals surface area contributed by atoms with E-state index >= 15 is 0 Å². The third-order valence-electron chi connectivity index (χ3n) is 4.81. The molecule has 1 atom stereocenters. The lowest BCUT2D eigenvalue weighted by atomic mass is 9.96. The fraction of sp³-hybridized carbons (Fsp3) is 0.526. The van der Waals surface area contributed by atoms with Crippen molar-refractivity contribution in [2.24, 2.45) is 5.92 Å². The SMILES string of the molecule is COC(=O)CC(C)C(=O)c1ccc2nc(N3CCCCCC3)[nH]c2c1. The summed E-state index contributed by atoms with van der Waals surface area (Å²) in [5.41, 5.74) is 2.31. The smallest absolute Gasteiger partial charge is 0.306 e. The second-order valence-electron chi connectivity index (χ2n) is 6.74. The van der Waals surface area contributed by atoms with Crippen LogP contribution in [-0.4, -0.2) is 41.9 Å². The second kappa shape index (κ2) is 7.68. The van der Waals surface area contributed by atoms with E-state index in [9.17, 15) is 9.59 Å². The number of nitrogens with one attached hydrogen (secondary N) is 1. The molecule has 6 nitrogen and oxygen atoms in total. The van der Waals surface area contributed by atoms with E-state index in [-0.39, 0.29) is 18.2 Å². The number of H-pyrrole nitrogens is 1. The third-order valence-corrected chi connectivity index (χ3v) is 4.81. The van der Waals surface area contributed by atoms with Crippen molar-refractivity contribution < 1.29 is 14.3 Å². The number of hydrogen-bond donors (Lipinski definition) is 1. The summed E-state index contributed by atoms with van der Waals surface area (Å²) in [5, 5.41) is 0. The van der Waals surface area contributed by atoms with Gasteiger partial charge in [-0.2, -0.15) is 0 Å². The molecule has 2 heterocycles. The minimum atomic E-state index is -0.405. The standard InChI is InChI=1S/C19H25N3O3/c1-13(11-17(23)25-2)18(24)14-7-8-15-16(12-14)21-19(20-15)22-9-5-3-4-6-10-22/h7-8,12-13H,3-6,9-11H2,1-2H3,(H,20,21). The normalized spacial score (nSPS) is 16.5. The van der Waals surface area contributed by atoms with Crippen LogP contribution >= 0.6 is 0 Å². The average molecular weight is 343 g/mol. The van der Waals surface area contributed by atoms with Gasteiger partial charge in [-0.15, -0.1) is 0 Å². The Morgan fingerprint density at radius 1 is 1.24 bits per heavy atom. The van der Waals surface area contributed by atoms with Gasteiger partial charge in [0.15, 0.2) is 5.78 Å². The molecule has 1 aliphatic rings. The van der Waals surface area contributed by atoms with Crippen LogP contribution in [0.15, 0.2) is 18.2 Å². The molecule has 1 saturated heterocycles. The molecular formula is C19H25N3O3. The first-order chi connectivity index (χ1) is 12.1. The highest BCUT2D eigenvalue weighted by atomic mass is 16.5. The van der Waals surface area contributed by atoms with Gasteiger partial charge < -0.3 is 14.6 Å². The highest BCUT2D eigenvalue weighted by molar-refractivity contribution is 6.01. The number of esters is 1. The predicted octanol–water partition coefficient (Wildman–Crippen LogP) is 3.33. The number of methoxy groups -OCH3 is 1. The van der Waals surface area contributed by atoms with Crippen molar-refractivity contribution in [1.82, 2.24) is 9.97 Å². The lowest BCUT2D eigenvalue weighted by molar-refractivity contribution is -0.141. The number of imidazole rings is 1. The number of benzene rings is 1. The predicted molar refractivity (Wildman–Crippen MR) is 96.9 cm³/mol. The van der Waals surface area contributed by atoms with Crippen molar-refractivity contribution in [1.29, 1.82) is 0 Å². The Balaban J connectivity index is 1.80. The van der Waals surface area contributed by atoms with E-state index in [1.54, 1.807) is 13.0 Å². The molecule has 1 aromatic heterocycles. The number of aromatic amines is 1. The number of ketones is 1. The molecule has 1 fully saturated rings. The van der Waals surface area contributed by atoms with Crippen LogP contribution in [0.2, 0.25) is 0 Å². The molecule has 0 aliphatic carbocycles. The van der Waals surface area contributed by atoms with Crippen LogP contribution in [0.4, 0.5) is 5.95 Å². The monoisotopic (exact) mass is 343 g/mol. The van der Waals surface area contributed by atoms with Crippen molar-refractivity contribution in [3.63, 3.8) is 0 Å². The quantitative estimate of drug-likeness (QED) is 0.666. The highest BCUT2D eigenvalue weighted by Gasteiger charge is 2.20. The van der Waals surface area contributed by atoms with Crippen LogP contribution in [0.5, 0.6) is 0 Å². The number of fused-ring (bicyclic) bond motifs is 1. The molecule has 3 rings (SSSR count). The van der Waals surface area contributed by atoms with E-state index in [0.29, 0.717) is 5.56 Å². The van der Waals surface area contributed by atoms with Gasteiger partial charge in [-0.25, -0.2) is 4.98 Å². The van der Waals surface area contributed by atoms with E-state index in [1.165, 1.54) is 32.8 Å². The Bertz CT molecular complexity index is 760. The number of ether oxygens (including phenoxy) is 1. The first kappa shape index (κ1) is 17.5. The topological polar surface area (TPSA) is 75.3 Å². The fourth-order valence-corrected chi connectivity index (χ4v) is 3.29. The van der Waals surface area contributed by atoms with Crippen molar-refractivity contribution in [3.8, 4) is 0 Å². The lowest BCUT2D eigenvalue weighted by Crippen LogP contribution is -2.24. The van der Waals surface area contributed by atoms with Crippen LogP contribution in [0, 0.1) is 5.92 Å².